The Bertz CT molecular complexity index is 369. The van der Waals surface area contributed by atoms with Crippen molar-refractivity contribution in [1.29, 1.82) is 0 Å². The number of rotatable bonds is 8. The molecule has 19 heavy (non-hydrogen) atoms. The summed E-state index contributed by atoms with van der Waals surface area (Å²) in [4.78, 5) is 2.37. The van der Waals surface area contributed by atoms with E-state index in [2.05, 4.69) is 51.0 Å². The number of nitrogens with zero attached hydrogens (tertiary/aromatic N) is 1. The smallest absolute Gasteiger partial charge is 0.105 e. The van der Waals surface area contributed by atoms with Gasteiger partial charge in [0.2, 0.25) is 0 Å². The predicted molar refractivity (Wildman–Crippen MR) is 81.3 cm³/mol. The van der Waals surface area contributed by atoms with Crippen LogP contribution in [0.1, 0.15) is 39.0 Å². The fourth-order valence-corrected chi connectivity index (χ4v) is 2.41. The van der Waals surface area contributed by atoms with Gasteiger partial charge in [-0.05, 0) is 37.9 Å². The van der Waals surface area contributed by atoms with E-state index in [9.17, 15) is 0 Å². The molecular weight excluding hydrogens is 236 g/mol. The minimum atomic E-state index is 0.279. The van der Waals surface area contributed by atoms with Gasteiger partial charge in [-0.3, -0.25) is 0 Å². The summed E-state index contributed by atoms with van der Waals surface area (Å²) in [6.07, 6.45) is 1.77. The monoisotopic (exact) mass is 266 g/mol. The summed E-state index contributed by atoms with van der Waals surface area (Å²) < 4.78 is 5.35. The molecule has 0 atom stereocenters. The molecule has 0 unspecified atom stereocenters. The lowest BCUT2D eigenvalue weighted by molar-refractivity contribution is 0.196. The molecule has 3 heteroatoms. The number of hydrogen-bond donors (Lipinski definition) is 1. The maximum atomic E-state index is 5.35. The third-order valence-corrected chi connectivity index (χ3v) is 3.26. The summed E-state index contributed by atoms with van der Waals surface area (Å²) in [5.74, 6) is 1.74. The van der Waals surface area contributed by atoms with Crippen molar-refractivity contribution in [3.05, 3.63) is 23.7 Å². The van der Waals surface area contributed by atoms with Crippen molar-refractivity contribution in [3.63, 3.8) is 0 Å². The van der Waals surface area contributed by atoms with E-state index in [4.69, 9.17) is 4.42 Å². The summed E-state index contributed by atoms with van der Waals surface area (Å²) in [6.45, 7) is 15.3. The van der Waals surface area contributed by atoms with E-state index < -0.39 is 0 Å². The Morgan fingerprint density at radius 2 is 2.05 bits per heavy atom. The summed E-state index contributed by atoms with van der Waals surface area (Å²) in [7, 11) is 2.18. The Labute approximate surface area is 118 Å². The van der Waals surface area contributed by atoms with Gasteiger partial charge < -0.3 is 14.6 Å². The summed E-state index contributed by atoms with van der Waals surface area (Å²) in [6, 6.07) is 2.07. The Balaban J connectivity index is 2.37. The van der Waals surface area contributed by atoms with Gasteiger partial charge in [-0.2, -0.15) is 0 Å². The van der Waals surface area contributed by atoms with Crippen LogP contribution < -0.4 is 5.32 Å². The molecule has 0 saturated carbocycles. The SMILES string of the molecule is Cc1occc1CN(C)CC(C)(C)CNCC(C)C. The molecule has 0 amide bonds. The molecule has 0 radical (unpaired) electrons. The van der Waals surface area contributed by atoms with Crippen LogP contribution in [0.5, 0.6) is 0 Å². The summed E-state index contributed by atoms with van der Waals surface area (Å²) in [5.41, 5.74) is 1.56. The fraction of sp³-hybridized carbons (Fsp3) is 0.750. The Morgan fingerprint density at radius 3 is 2.58 bits per heavy atom. The standard InChI is InChI=1S/C16H30N2O/c1-13(2)9-17-11-16(4,5)12-18(6)10-15-7-8-19-14(15)3/h7-8,13,17H,9-12H2,1-6H3. The molecular formula is C16H30N2O. The van der Waals surface area contributed by atoms with Gasteiger partial charge in [0.1, 0.15) is 5.76 Å². The number of furan rings is 1. The Morgan fingerprint density at radius 1 is 1.37 bits per heavy atom. The molecule has 1 rings (SSSR count). The molecule has 0 aromatic carbocycles. The quantitative estimate of drug-likeness (QED) is 0.782. The highest BCUT2D eigenvalue weighted by molar-refractivity contribution is 5.15. The minimum absolute atomic E-state index is 0.279. The third kappa shape index (κ3) is 6.26. The van der Waals surface area contributed by atoms with Gasteiger partial charge in [-0.25, -0.2) is 0 Å². The van der Waals surface area contributed by atoms with Gasteiger partial charge in [0.05, 0.1) is 6.26 Å². The van der Waals surface area contributed by atoms with Gasteiger partial charge in [0.25, 0.3) is 0 Å². The zero-order valence-corrected chi connectivity index (χ0v) is 13.4. The van der Waals surface area contributed by atoms with Crippen LogP contribution in [-0.2, 0) is 6.54 Å². The van der Waals surface area contributed by atoms with Crippen LogP contribution in [-0.4, -0.2) is 31.6 Å². The fourth-order valence-electron chi connectivity index (χ4n) is 2.41. The zero-order valence-electron chi connectivity index (χ0n) is 13.4. The lowest BCUT2D eigenvalue weighted by Gasteiger charge is -2.31. The number of hydrogen-bond acceptors (Lipinski definition) is 3. The van der Waals surface area contributed by atoms with Gasteiger partial charge in [0.15, 0.2) is 0 Å². The second-order valence-electron chi connectivity index (χ2n) is 6.86. The van der Waals surface area contributed by atoms with E-state index >= 15 is 0 Å². The van der Waals surface area contributed by atoms with Crippen molar-refractivity contribution in [2.45, 2.75) is 41.2 Å². The van der Waals surface area contributed by atoms with E-state index in [1.54, 1.807) is 6.26 Å². The molecule has 0 bridgehead atoms. The Kier molecular flexibility index (Phi) is 6.08. The first-order valence-electron chi connectivity index (χ1n) is 7.22. The molecule has 0 saturated heterocycles. The van der Waals surface area contributed by atoms with Crippen LogP contribution in [0, 0.1) is 18.3 Å². The highest BCUT2D eigenvalue weighted by Gasteiger charge is 2.20. The first-order chi connectivity index (χ1) is 8.80. The second kappa shape index (κ2) is 7.11. The van der Waals surface area contributed by atoms with Crippen molar-refractivity contribution in [2.75, 3.05) is 26.7 Å². The van der Waals surface area contributed by atoms with Crippen molar-refractivity contribution < 1.29 is 4.42 Å². The van der Waals surface area contributed by atoms with E-state index in [0.29, 0.717) is 5.92 Å². The van der Waals surface area contributed by atoms with Crippen LogP contribution in [0.15, 0.2) is 16.7 Å². The minimum Gasteiger partial charge on any atom is -0.469 e. The topological polar surface area (TPSA) is 28.4 Å². The first-order valence-corrected chi connectivity index (χ1v) is 7.22. The van der Waals surface area contributed by atoms with E-state index in [1.807, 2.05) is 6.92 Å². The average molecular weight is 266 g/mol. The molecule has 3 nitrogen and oxygen atoms in total. The molecule has 1 N–H and O–H groups in total. The molecule has 0 aliphatic heterocycles. The van der Waals surface area contributed by atoms with Crippen LogP contribution in [0.4, 0.5) is 0 Å². The van der Waals surface area contributed by atoms with Gasteiger partial charge in [-0.15, -0.1) is 0 Å². The summed E-state index contributed by atoms with van der Waals surface area (Å²) >= 11 is 0. The maximum absolute atomic E-state index is 5.35. The maximum Gasteiger partial charge on any atom is 0.105 e. The van der Waals surface area contributed by atoms with Crippen LogP contribution >= 0.6 is 0 Å². The average Bonchev–Trinajstić information content (AvgIpc) is 2.62. The van der Waals surface area contributed by atoms with Crippen molar-refractivity contribution >= 4 is 0 Å². The van der Waals surface area contributed by atoms with E-state index in [-0.39, 0.29) is 5.41 Å². The highest BCUT2D eigenvalue weighted by Crippen LogP contribution is 2.18. The van der Waals surface area contributed by atoms with Crippen LogP contribution in [0.2, 0.25) is 0 Å². The zero-order chi connectivity index (χ0) is 14.5. The normalized spacial score (nSPS) is 12.6. The Hall–Kier alpha value is -0.800. The molecule has 1 heterocycles. The lowest BCUT2D eigenvalue weighted by atomic mass is 9.92. The van der Waals surface area contributed by atoms with Gasteiger partial charge >= 0.3 is 0 Å². The van der Waals surface area contributed by atoms with Crippen molar-refractivity contribution in [3.8, 4) is 0 Å². The largest absolute Gasteiger partial charge is 0.469 e. The van der Waals surface area contributed by atoms with Crippen molar-refractivity contribution in [2.24, 2.45) is 11.3 Å². The van der Waals surface area contributed by atoms with Gasteiger partial charge in [0, 0.05) is 25.2 Å². The molecule has 1 aromatic rings. The molecule has 0 aliphatic carbocycles. The predicted octanol–water partition coefficient (Wildman–Crippen LogP) is 3.29. The van der Waals surface area contributed by atoms with Crippen molar-refractivity contribution in [1.82, 2.24) is 10.2 Å². The highest BCUT2D eigenvalue weighted by atomic mass is 16.3. The van der Waals surface area contributed by atoms with Gasteiger partial charge in [-0.1, -0.05) is 27.7 Å². The molecule has 0 spiro atoms. The third-order valence-electron chi connectivity index (χ3n) is 3.26. The summed E-state index contributed by atoms with van der Waals surface area (Å²) in [5, 5.41) is 3.56. The van der Waals surface area contributed by atoms with E-state index in [0.717, 1.165) is 31.9 Å². The second-order valence-corrected chi connectivity index (χ2v) is 6.86. The number of aryl methyl sites for hydroxylation is 1. The first kappa shape index (κ1) is 16.3. The van der Waals surface area contributed by atoms with Crippen LogP contribution in [0.3, 0.4) is 0 Å². The molecule has 0 fully saturated rings. The molecule has 110 valence electrons. The number of nitrogens with one attached hydrogen (secondary N) is 1. The van der Waals surface area contributed by atoms with Crippen LogP contribution in [0.25, 0.3) is 0 Å². The molecule has 0 aliphatic rings. The lowest BCUT2D eigenvalue weighted by Crippen LogP contribution is -2.39. The molecule has 1 aromatic heterocycles. The van der Waals surface area contributed by atoms with E-state index in [1.165, 1.54) is 5.56 Å².